The van der Waals surface area contributed by atoms with E-state index in [4.69, 9.17) is 22.6 Å². The molecule has 0 amide bonds. The van der Waals surface area contributed by atoms with Crippen molar-refractivity contribution in [2.45, 2.75) is 6.92 Å². The van der Waals surface area contributed by atoms with Gasteiger partial charge in [-0.15, -0.1) is 0 Å². The summed E-state index contributed by atoms with van der Waals surface area (Å²) in [7, 11) is 0. The molecule has 1 aromatic carbocycles. The SMILES string of the molecule is Cc1c(C(=O)O)c2cccc(Cl)c2c(=O)n1N. The second kappa shape index (κ2) is 3.78. The number of nitrogen functional groups attached to an aromatic ring is 1. The number of hydrogen-bond acceptors (Lipinski definition) is 3. The van der Waals surface area contributed by atoms with Crippen molar-refractivity contribution >= 4 is 28.3 Å². The van der Waals surface area contributed by atoms with E-state index in [1.54, 1.807) is 12.1 Å². The summed E-state index contributed by atoms with van der Waals surface area (Å²) in [4.78, 5) is 23.1. The minimum Gasteiger partial charge on any atom is -0.478 e. The molecule has 0 fully saturated rings. The van der Waals surface area contributed by atoms with Crippen LogP contribution in [0.1, 0.15) is 16.1 Å². The predicted octanol–water partition coefficient (Wildman–Crippen LogP) is 1.38. The average molecular weight is 253 g/mol. The quantitative estimate of drug-likeness (QED) is 0.751. The van der Waals surface area contributed by atoms with Crippen LogP contribution >= 0.6 is 11.6 Å². The molecule has 2 aromatic rings. The Morgan fingerprint density at radius 3 is 2.71 bits per heavy atom. The van der Waals surface area contributed by atoms with Gasteiger partial charge in [0.25, 0.3) is 5.56 Å². The summed E-state index contributed by atoms with van der Waals surface area (Å²) in [5.41, 5.74) is -0.324. The molecule has 88 valence electrons. The molecule has 6 heteroatoms. The number of aromatic nitrogens is 1. The predicted molar refractivity (Wildman–Crippen MR) is 65.1 cm³/mol. The largest absolute Gasteiger partial charge is 0.478 e. The third kappa shape index (κ3) is 1.55. The zero-order valence-corrected chi connectivity index (χ0v) is 9.65. The van der Waals surface area contributed by atoms with Gasteiger partial charge in [0.05, 0.1) is 21.7 Å². The highest BCUT2D eigenvalue weighted by Crippen LogP contribution is 2.24. The number of pyridine rings is 1. The molecule has 0 unspecified atom stereocenters. The standard InChI is InChI=1S/C11H9ClN2O3/c1-5-8(11(16)17)6-3-2-4-7(12)9(6)10(15)14(5)13/h2-4H,13H2,1H3,(H,16,17). The zero-order valence-electron chi connectivity index (χ0n) is 8.90. The number of fused-ring (bicyclic) bond motifs is 1. The Balaban J connectivity index is 3.16. The Labute approximate surface area is 101 Å². The molecule has 0 saturated heterocycles. The molecule has 2 rings (SSSR count). The van der Waals surface area contributed by atoms with E-state index in [-0.39, 0.29) is 21.7 Å². The van der Waals surface area contributed by atoms with Crippen LogP contribution in [0.25, 0.3) is 10.8 Å². The van der Waals surface area contributed by atoms with Crippen molar-refractivity contribution in [3.05, 3.63) is 44.8 Å². The molecule has 0 aliphatic rings. The van der Waals surface area contributed by atoms with E-state index in [1.807, 2.05) is 0 Å². The van der Waals surface area contributed by atoms with E-state index in [0.717, 1.165) is 4.68 Å². The second-order valence-electron chi connectivity index (χ2n) is 3.60. The Hall–Kier alpha value is -2.01. The molecule has 0 spiro atoms. The fourth-order valence-corrected chi connectivity index (χ4v) is 2.06. The normalized spacial score (nSPS) is 10.7. The maximum absolute atomic E-state index is 11.9. The molecule has 0 bridgehead atoms. The molecule has 5 nitrogen and oxygen atoms in total. The van der Waals surface area contributed by atoms with Gasteiger partial charge in [-0.25, -0.2) is 9.47 Å². The van der Waals surface area contributed by atoms with Crippen LogP contribution in [0.4, 0.5) is 0 Å². The summed E-state index contributed by atoms with van der Waals surface area (Å²) < 4.78 is 0.803. The van der Waals surface area contributed by atoms with E-state index in [2.05, 4.69) is 0 Å². The highest BCUT2D eigenvalue weighted by Gasteiger charge is 2.18. The number of carboxylic acid groups (broad SMARTS) is 1. The third-order valence-electron chi connectivity index (χ3n) is 2.65. The molecule has 0 atom stereocenters. The first-order valence-corrected chi connectivity index (χ1v) is 5.15. The van der Waals surface area contributed by atoms with Crippen LogP contribution in [0.2, 0.25) is 5.02 Å². The first-order valence-electron chi connectivity index (χ1n) is 4.77. The number of nitrogens with zero attached hydrogens (tertiary/aromatic N) is 1. The maximum Gasteiger partial charge on any atom is 0.338 e. The van der Waals surface area contributed by atoms with Crippen LogP contribution in [-0.4, -0.2) is 15.8 Å². The summed E-state index contributed by atoms with van der Waals surface area (Å²) >= 11 is 5.90. The lowest BCUT2D eigenvalue weighted by Crippen LogP contribution is -2.31. The first kappa shape index (κ1) is 11.5. The smallest absolute Gasteiger partial charge is 0.338 e. The van der Waals surface area contributed by atoms with Gasteiger partial charge in [-0.05, 0) is 13.0 Å². The van der Waals surface area contributed by atoms with Gasteiger partial charge in [0, 0.05) is 5.39 Å². The second-order valence-corrected chi connectivity index (χ2v) is 4.01. The Kier molecular flexibility index (Phi) is 2.55. The summed E-state index contributed by atoms with van der Waals surface area (Å²) in [6.07, 6.45) is 0. The summed E-state index contributed by atoms with van der Waals surface area (Å²) in [5.74, 6) is 4.39. The van der Waals surface area contributed by atoms with Gasteiger partial charge in [-0.3, -0.25) is 4.79 Å². The fourth-order valence-electron chi connectivity index (χ4n) is 1.81. The first-order chi connectivity index (χ1) is 7.95. The third-order valence-corrected chi connectivity index (χ3v) is 2.97. The highest BCUT2D eigenvalue weighted by atomic mass is 35.5. The molecule has 17 heavy (non-hydrogen) atoms. The molecular weight excluding hydrogens is 244 g/mol. The lowest BCUT2D eigenvalue weighted by molar-refractivity contribution is 0.0697. The van der Waals surface area contributed by atoms with E-state index >= 15 is 0 Å². The van der Waals surface area contributed by atoms with Crippen LogP contribution in [0.3, 0.4) is 0 Å². The van der Waals surface area contributed by atoms with Crippen molar-refractivity contribution < 1.29 is 9.90 Å². The van der Waals surface area contributed by atoms with E-state index < -0.39 is 11.5 Å². The minimum absolute atomic E-state index is 0.00963. The van der Waals surface area contributed by atoms with Crippen molar-refractivity contribution in [1.29, 1.82) is 0 Å². The molecule has 3 N–H and O–H groups in total. The van der Waals surface area contributed by atoms with Crippen molar-refractivity contribution in [3.8, 4) is 0 Å². The van der Waals surface area contributed by atoms with Gasteiger partial charge in [0.15, 0.2) is 0 Å². The molecule has 1 heterocycles. The number of carboxylic acids is 1. The van der Waals surface area contributed by atoms with Crippen LogP contribution in [-0.2, 0) is 0 Å². The topological polar surface area (TPSA) is 85.3 Å². The number of aromatic carboxylic acids is 1. The number of carbonyl (C=O) groups is 1. The van der Waals surface area contributed by atoms with E-state index in [9.17, 15) is 9.59 Å². The van der Waals surface area contributed by atoms with Crippen LogP contribution in [0.5, 0.6) is 0 Å². The van der Waals surface area contributed by atoms with Gasteiger partial charge in [0.1, 0.15) is 0 Å². The fraction of sp³-hybridized carbons (Fsp3) is 0.0909. The average Bonchev–Trinajstić information content (AvgIpc) is 2.25. The van der Waals surface area contributed by atoms with Crippen molar-refractivity contribution in [2.75, 3.05) is 5.84 Å². The Morgan fingerprint density at radius 1 is 1.47 bits per heavy atom. The number of rotatable bonds is 1. The summed E-state index contributed by atoms with van der Waals surface area (Å²) in [6.45, 7) is 1.48. The van der Waals surface area contributed by atoms with Crippen LogP contribution in [0.15, 0.2) is 23.0 Å². The summed E-state index contributed by atoms with van der Waals surface area (Å²) in [6, 6.07) is 4.65. The van der Waals surface area contributed by atoms with Crippen molar-refractivity contribution in [2.24, 2.45) is 0 Å². The Bertz CT molecular complexity index is 691. The van der Waals surface area contributed by atoms with Crippen LogP contribution in [0, 0.1) is 6.92 Å². The Morgan fingerprint density at radius 2 is 2.12 bits per heavy atom. The highest BCUT2D eigenvalue weighted by molar-refractivity contribution is 6.35. The van der Waals surface area contributed by atoms with Gasteiger partial charge in [-0.2, -0.15) is 0 Å². The van der Waals surface area contributed by atoms with Crippen molar-refractivity contribution in [1.82, 2.24) is 4.68 Å². The summed E-state index contributed by atoms with van der Waals surface area (Å²) in [5, 5.41) is 9.77. The number of benzene rings is 1. The molecule has 0 aliphatic carbocycles. The lowest BCUT2D eigenvalue weighted by atomic mass is 10.0. The van der Waals surface area contributed by atoms with Gasteiger partial charge < -0.3 is 10.9 Å². The number of halogens is 1. The maximum atomic E-state index is 11.9. The van der Waals surface area contributed by atoms with E-state index in [0.29, 0.717) is 5.39 Å². The van der Waals surface area contributed by atoms with Crippen molar-refractivity contribution in [3.63, 3.8) is 0 Å². The molecule has 0 radical (unpaired) electrons. The lowest BCUT2D eigenvalue weighted by Gasteiger charge is -2.11. The molecule has 0 aliphatic heterocycles. The molecule has 0 saturated carbocycles. The molecular formula is C11H9ClN2O3. The minimum atomic E-state index is -1.14. The zero-order chi connectivity index (χ0) is 12.7. The van der Waals surface area contributed by atoms with Gasteiger partial charge in [0.2, 0.25) is 0 Å². The number of hydrogen-bond donors (Lipinski definition) is 2. The molecule has 1 aromatic heterocycles. The number of nitrogens with two attached hydrogens (primary N) is 1. The monoisotopic (exact) mass is 252 g/mol. The van der Waals surface area contributed by atoms with Gasteiger partial charge >= 0.3 is 5.97 Å². The van der Waals surface area contributed by atoms with E-state index in [1.165, 1.54) is 13.0 Å². The van der Waals surface area contributed by atoms with Gasteiger partial charge in [-0.1, -0.05) is 23.7 Å². The van der Waals surface area contributed by atoms with Crippen LogP contribution < -0.4 is 11.4 Å².